The standard InChI is InChI=1S/C14H16BrN3O2S/c15-13-8-14(10-17-9-13)21(19,20)18(7-6-16)11-12-4-2-1-3-5-12/h1-5,8-10H,6-7,11,16H2. The Balaban J connectivity index is 2.32. The zero-order valence-electron chi connectivity index (χ0n) is 11.3. The topological polar surface area (TPSA) is 76.3 Å². The number of nitrogens with two attached hydrogens (primary N) is 1. The second-order valence-corrected chi connectivity index (χ2v) is 7.31. The van der Waals surface area contributed by atoms with Crippen molar-refractivity contribution in [1.82, 2.24) is 9.29 Å². The molecule has 0 fully saturated rings. The number of benzene rings is 1. The van der Waals surface area contributed by atoms with Crippen LogP contribution in [0.3, 0.4) is 0 Å². The van der Waals surface area contributed by atoms with Crippen LogP contribution < -0.4 is 5.73 Å². The van der Waals surface area contributed by atoms with Crippen LogP contribution in [0, 0.1) is 0 Å². The number of hydrogen-bond acceptors (Lipinski definition) is 4. The summed E-state index contributed by atoms with van der Waals surface area (Å²) in [5.41, 5.74) is 6.47. The molecule has 2 N–H and O–H groups in total. The maximum absolute atomic E-state index is 12.7. The Morgan fingerprint density at radius 3 is 2.52 bits per heavy atom. The fourth-order valence-corrected chi connectivity index (χ4v) is 3.85. The van der Waals surface area contributed by atoms with Crippen LogP contribution in [-0.2, 0) is 16.6 Å². The monoisotopic (exact) mass is 369 g/mol. The SMILES string of the molecule is NCCN(Cc1ccccc1)S(=O)(=O)c1cncc(Br)c1. The van der Waals surface area contributed by atoms with E-state index in [0.717, 1.165) is 5.56 Å². The number of sulfonamides is 1. The lowest BCUT2D eigenvalue weighted by Gasteiger charge is -2.21. The van der Waals surface area contributed by atoms with Gasteiger partial charge in [-0.15, -0.1) is 0 Å². The Bertz CT molecular complexity index is 692. The van der Waals surface area contributed by atoms with Crippen LogP contribution in [0.15, 0.2) is 58.2 Å². The molecule has 7 heteroatoms. The third kappa shape index (κ3) is 4.10. The quantitative estimate of drug-likeness (QED) is 0.844. The van der Waals surface area contributed by atoms with Crippen LogP contribution in [0.5, 0.6) is 0 Å². The first kappa shape index (κ1) is 16.1. The Labute approximate surface area is 133 Å². The highest BCUT2D eigenvalue weighted by Gasteiger charge is 2.24. The molecule has 0 spiro atoms. The van der Waals surface area contributed by atoms with E-state index < -0.39 is 10.0 Å². The van der Waals surface area contributed by atoms with E-state index in [1.807, 2.05) is 30.3 Å². The molecule has 0 atom stereocenters. The highest BCUT2D eigenvalue weighted by atomic mass is 79.9. The highest BCUT2D eigenvalue weighted by molar-refractivity contribution is 9.10. The normalized spacial score (nSPS) is 11.8. The van der Waals surface area contributed by atoms with E-state index in [0.29, 0.717) is 4.47 Å². The van der Waals surface area contributed by atoms with Gasteiger partial charge in [-0.1, -0.05) is 30.3 Å². The van der Waals surface area contributed by atoms with Crippen LogP contribution in [0.1, 0.15) is 5.56 Å². The van der Waals surface area contributed by atoms with E-state index in [4.69, 9.17) is 5.73 Å². The fourth-order valence-electron chi connectivity index (χ4n) is 1.90. The molecule has 1 aromatic carbocycles. The molecule has 1 aromatic heterocycles. The van der Waals surface area contributed by atoms with Gasteiger partial charge < -0.3 is 5.73 Å². The van der Waals surface area contributed by atoms with Crippen LogP contribution in [0.2, 0.25) is 0 Å². The lowest BCUT2D eigenvalue weighted by molar-refractivity contribution is 0.413. The molecule has 0 bridgehead atoms. The zero-order chi connectivity index (χ0) is 15.3. The Hall–Kier alpha value is -1.28. The maximum atomic E-state index is 12.7. The summed E-state index contributed by atoms with van der Waals surface area (Å²) in [4.78, 5) is 4.07. The molecule has 0 aliphatic rings. The lowest BCUT2D eigenvalue weighted by Crippen LogP contribution is -2.35. The minimum atomic E-state index is -3.62. The predicted octanol–water partition coefficient (Wildman–Crippen LogP) is 1.99. The van der Waals surface area contributed by atoms with E-state index >= 15 is 0 Å². The molecule has 1 heterocycles. The predicted molar refractivity (Wildman–Crippen MR) is 85.0 cm³/mol. The molecule has 0 aliphatic heterocycles. The van der Waals surface area contributed by atoms with Gasteiger partial charge >= 0.3 is 0 Å². The third-order valence-corrected chi connectivity index (χ3v) is 5.14. The molecule has 0 unspecified atom stereocenters. The number of aromatic nitrogens is 1. The minimum Gasteiger partial charge on any atom is -0.329 e. The number of hydrogen-bond donors (Lipinski definition) is 1. The molecule has 0 saturated heterocycles. The summed E-state index contributed by atoms with van der Waals surface area (Å²) >= 11 is 3.24. The molecular formula is C14H16BrN3O2S. The molecule has 0 amide bonds. The minimum absolute atomic E-state index is 0.154. The molecule has 0 aliphatic carbocycles. The van der Waals surface area contributed by atoms with Crippen molar-refractivity contribution in [3.63, 3.8) is 0 Å². The molecule has 2 aromatic rings. The van der Waals surface area contributed by atoms with Gasteiger partial charge in [0.25, 0.3) is 0 Å². The zero-order valence-corrected chi connectivity index (χ0v) is 13.7. The van der Waals surface area contributed by atoms with Crippen LogP contribution in [0.4, 0.5) is 0 Å². The van der Waals surface area contributed by atoms with E-state index in [1.165, 1.54) is 16.6 Å². The van der Waals surface area contributed by atoms with Gasteiger partial charge in [-0.05, 0) is 27.6 Å². The van der Waals surface area contributed by atoms with Crippen molar-refractivity contribution in [3.8, 4) is 0 Å². The van der Waals surface area contributed by atoms with Gasteiger partial charge in [0, 0.05) is 36.5 Å². The highest BCUT2D eigenvalue weighted by Crippen LogP contribution is 2.20. The first-order valence-corrected chi connectivity index (χ1v) is 8.62. The third-order valence-electron chi connectivity index (χ3n) is 2.90. The van der Waals surface area contributed by atoms with Crippen LogP contribution >= 0.6 is 15.9 Å². The largest absolute Gasteiger partial charge is 0.329 e. The van der Waals surface area contributed by atoms with Crippen molar-refractivity contribution < 1.29 is 8.42 Å². The van der Waals surface area contributed by atoms with Crippen molar-refractivity contribution in [3.05, 3.63) is 58.8 Å². The van der Waals surface area contributed by atoms with Crippen molar-refractivity contribution >= 4 is 26.0 Å². The van der Waals surface area contributed by atoms with Gasteiger partial charge in [-0.2, -0.15) is 4.31 Å². The first-order chi connectivity index (χ1) is 10.0. The second kappa shape index (κ2) is 7.13. The van der Waals surface area contributed by atoms with Gasteiger partial charge in [0.1, 0.15) is 4.90 Å². The van der Waals surface area contributed by atoms with Gasteiger partial charge in [0.15, 0.2) is 0 Å². The second-order valence-electron chi connectivity index (χ2n) is 4.45. The summed E-state index contributed by atoms with van der Waals surface area (Å²) in [5, 5.41) is 0. The number of halogens is 1. The van der Waals surface area contributed by atoms with E-state index in [9.17, 15) is 8.42 Å². The number of rotatable bonds is 6. The first-order valence-electron chi connectivity index (χ1n) is 6.39. The summed E-state index contributed by atoms with van der Waals surface area (Å²) in [7, 11) is -3.62. The fraction of sp³-hybridized carbons (Fsp3) is 0.214. The lowest BCUT2D eigenvalue weighted by atomic mass is 10.2. The van der Waals surface area contributed by atoms with E-state index in [-0.39, 0.29) is 24.5 Å². The Morgan fingerprint density at radius 2 is 1.90 bits per heavy atom. The van der Waals surface area contributed by atoms with Gasteiger partial charge in [-0.25, -0.2) is 8.42 Å². The molecule has 112 valence electrons. The smallest absolute Gasteiger partial charge is 0.244 e. The average Bonchev–Trinajstić information content (AvgIpc) is 2.48. The molecule has 0 radical (unpaired) electrons. The van der Waals surface area contributed by atoms with Crippen molar-refractivity contribution in [2.45, 2.75) is 11.4 Å². The van der Waals surface area contributed by atoms with Gasteiger partial charge in [0.05, 0.1) is 0 Å². The number of nitrogens with zero attached hydrogens (tertiary/aromatic N) is 2. The van der Waals surface area contributed by atoms with Crippen LogP contribution in [-0.4, -0.2) is 30.8 Å². The van der Waals surface area contributed by atoms with E-state index in [2.05, 4.69) is 20.9 Å². The Kier molecular flexibility index (Phi) is 5.46. The van der Waals surface area contributed by atoms with Crippen LogP contribution in [0.25, 0.3) is 0 Å². The Morgan fingerprint density at radius 1 is 1.19 bits per heavy atom. The molecule has 21 heavy (non-hydrogen) atoms. The summed E-state index contributed by atoms with van der Waals surface area (Å²) in [6, 6.07) is 11.0. The number of pyridine rings is 1. The summed E-state index contributed by atoms with van der Waals surface area (Å²) in [6.45, 7) is 0.796. The molecule has 5 nitrogen and oxygen atoms in total. The van der Waals surface area contributed by atoms with Crippen molar-refractivity contribution in [1.29, 1.82) is 0 Å². The van der Waals surface area contributed by atoms with Gasteiger partial charge in [0.2, 0.25) is 10.0 Å². The molecule has 2 rings (SSSR count). The average molecular weight is 370 g/mol. The maximum Gasteiger partial charge on any atom is 0.244 e. The summed E-state index contributed by atoms with van der Waals surface area (Å²) in [6.07, 6.45) is 2.89. The van der Waals surface area contributed by atoms with Gasteiger partial charge in [-0.3, -0.25) is 4.98 Å². The molecular weight excluding hydrogens is 354 g/mol. The van der Waals surface area contributed by atoms with Crippen molar-refractivity contribution in [2.75, 3.05) is 13.1 Å². The van der Waals surface area contributed by atoms with Crippen molar-refractivity contribution in [2.24, 2.45) is 5.73 Å². The summed E-state index contributed by atoms with van der Waals surface area (Å²) < 4.78 is 27.4. The summed E-state index contributed by atoms with van der Waals surface area (Å²) in [5.74, 6) is 0. The van der Waals surface area contributed by atoms with E-state index in [1.54, 1.807) is 6.20 Å². The molecule has 0 saturated carbocycles.